The third-order valence-electron chi connectivity index (χ3n) is 5.62. The van der Waals surface area contributed by atoms with Crippen LogP contribution in [-0.4, -0.2) is 43.6 Å². The van der Waals surface area contributed by atoms with Crippen LogP contribution in [-0.2, 0) is 27.3 Å². The molecule has 3 rings (SSSR count). The molecule has 160 valence electrons. The number of benzene rings is 2. The Bertz CT molecular complexity index is 879. The minimum Gasteiger partial charge on any atom is -0.497 e. The second-order valence-corrected chi connectivity index (χ2v) is 7.98. The fraction of sp³-hybridized carbons (Fsp3) is 0.417. The summed E-state index contributed by atoms with van der Waals surface area (Å²) < 4.78 is 10.2. The largest absolute Gasteiger partial charge is 0.497 e. The van der Waals surface area contributed by atoms with Gasteiger partial charge in [-0.15, -0.1) is 0 Å². The quantitative estimate of drug-likeness (QED) is 0.711. The summed E-state index contributed by atoms with van der Waals surface area (Å²) >= 11 is 0. The zero-order chi connectivity index (χ0) is 21.7. The fourth-order valence-electron chi connectivity index (χ4n) is 3.96. The van der Waals surface area contributed by atoms with E-state index in [1.54, 1.807) is 7.11 Å². The first-order valence-electron chi connectivity index (χ1n) is 10.2. The van der Waals surface area contributed by atoms with Crippen LogP contribution in [0.3, 0.4) is 0 Å². The molecule has 6 nitrogen and oxygen atoms in total. The molecule has 0 bridgehead atoms. The van der Waals surface area contributed by atoms with E-state index in [2.05, 4.69) is 19.2 Å². The van der Waals surface area contributed by atoms with Crippen molar-refractivity contribution >= 4 is 11.9 Å². The van der Waals surface area contributed by atoms with Crippen molar-refractivity contribution in [2.45, 2.75) is 38.9 Å². The number of nitrogens with one attached hydrogen (secondary N) is 1. The highest BCUT2D eigenvalue weighted by Gasteiger charge is 2.33. The lowest BCUT2D eigenvalue weighted by Crippen LogP contribution is -2.50. The van der Waals surface area contributed by atoms with Gasteiger partial charge >= 0.3 is 5.97 Å². The maximum atomic E-state index is 13.0. The normalized spacial score (nSPS) is 17.2. The van der Waals surface area contributed by atoms with Crippen molar-refractivity contribution < 1.29 is 19.1 Å². The summed E-state index contributed by atoms with van der Waals surface area (Å²) in [5.74, 6) is 0.562. The molecule has 1 aliphatic heterocycles. The van der Waals surface area contributed by atoms with Gasteiger partial charge in [0.1, 0.15) is 11.8 Å². The minimum absolute atomic E-state index is 0.113. The number of amides is 1. The van der Waals surface area contributed by atoms with Crippen molar-refractivity contribution in [3.63, 3.8) is 0 Å². The monoisotopic (exact) mass is 410 g/mol. The number of esters is 1. The lowest BCUT2D eigenvalue weighted by Gasteiger charge is -2.35. The average molecular weight is 411 g/mol. The van der Waals surface area contributed by atoms with E-state index < -0.39 is 6.04 Å². The first kappa shape index (κ1) is 21.8. The molecule has 2 atom stereocenters. The SMILES string of the molecule is COC(=O)C1Cc2ccccc2CN1CC(=O)NC(c1ccc(OC)cc1)C(C)C. The first-order chi connectivity index (χ1) is 14.4. The van der Waals surface area contributed by atoms with E-state index in [0.717, 1.165) is 22.4 Å². The molecular weight excluding hydrogens is 380 g/mol. The van der Waals surface area contributed by atoms with Gasteiger partial charge in [0.05, 0.1) is 26.8 Å². The topological polar surface area (TPSA) is 67.9 Å². The Labute approximate surface area is 178 Å². The van der Waals surface area contributed by atoms with Gasteiger partial charge in [0.15, 0.2) is 0 Å². The maximum absolute atomic E-state index is 13.0. The van der Waals surface area contributed by atoms with Crippen LogP contribution in [0, 0.1) is 5.92 Å². The second-order valence-electron chi connectivity index (χ2n) is 7.98. The number of hydrogen-bond donors (Lipinski definition) is 1. The average Bonchev–Trinajstić information content (AvgIpc) is 2.76. The summed E-state index contributed by atoms with van der Waals surface area (Å²) in [6.45, 7) is 4.82. The van der Waals surface area contributed by atoms with Gasteiger partial charge in [-0.2, -0.15) is 0 Å². The Kier molecular flexibility index (Phi) is 7.11. The Hall–Kier alpha value is -2.86. The highest BCUT2D eigenvalue weighted by atomic mass is 16.5. The van der Waals surface area contributed by atoms with Gasteiger partial charge in [-0.05, 0) is 41.2 Å². The minimum atomic E-state index is -0.464. The van der Waals surface area contributed by atoms with E-state index >= 15 is 0 Å². The molecule has 1 aliphatic rings. The molecule has 6 heteroatoms. The Morgan fingerprint density at radius 1 is 1.07 bits per heavy atom. The zero-order valence-electron chi connectivity index (χ0n) is 18.1. The van der Waals surface area contributed by atoms with Crippen molar-refractivity contribution in [3.8, 4) is 5.75 Å². The highest BCUT2D eigenvalue weighted by Crippen LogP contribution is 2.26. The first-order valence-corrected chi connectivity index (χ1v) is 10.2. The van der Waals surface area contributed by atoms with E-state index in [0.29, 0.717) is 13.0 Å². The Balaban J connectivity index is 1.74. The lowest BCUT2D eigenvalue weighted by molar-refractivity contribution is -0.148. The number of carbonyl (C=O) groups excluding carboxylic acids is 2. The van der Waals surface area contributed by atoms with Crippen LogP contribution < -0.4 is 10.1 Å². The molecule has 0 radical (unpaired) electrons. The number of hydrogen-bond acceptors (Lipinski definition) is 5. The number of methoxy groups -OCH3 is 2. The van der Waals surface area contributed by atoms with Gasteiger partial charge in [0, 0.05) is 6.54 Å². The standard InChI is InChI=1S/C24H30N2O4/c1-16(2)23(17-9-11-20(29-3)12-10-17)25-22(27)15-26-14-19-8-6-5-7-18(19)13-21(26)24(28)30-4/h5-12,16,21,23H,13-15H2,1-4H3,(H,25,27). The van der Waals surface area contributed by atoms with E-state index in [1.165, 1.54) is 7.11 Å². The summed E-state index contributed by atoms with van der Waals surface area (Å²) in [4.78, 5) is 27.2. The van der Waals surface area contributed by atoms with Crippen LogP contribution in [0.25, 0.3) is 0 Å². The molecule has 0 saturated carbocycles. The molecular formula is C24H30N2O4. The number of ether oxygens (including phenoxy) is 2. The molecule has 1 amide bonds. The Morgan fingerprint density at radius 3 is 2.33 bits per heavy atom. The van der Waals surface area contributed by atoms with Crippen molar-refractivity contribution in [3.05, 3.63) is 65.2 Å². The number of fused-ring (bicyclic) bond motifs is 1. The summed E-state index contributed by atoms with van der Waals surface area (Å²) in [6.07, 6.45) is 0.544. The molecule has 2 unspecified atom stereocenters. The molecule has 0 aliphatic carbocycles. The van der Waals surface area contributed by atoms with Crippen LogP contribution in [0.5, 0.6) is 5.75 Å². The van der Waals surface area contributed by atoms with Gasteiger partial charge in [-0.1, -0.05) is 50.2 Å². The van der Waals surface area contributed by atoms with Crippen molar-refractivity contribution in [1.29, 1.82) is 0 Å². The predicted molar refractivity (Wildman–Crippen MR) is 115 cm³/mol. The molecule has 0 fully saturated rings. The summed E-state index contributed by atoms with van der Waals surface area (Å²) in [7, 11) is 3.02. The van der Waals surface area contributed by atoms with Crippen molar-refractivity contribution in [2.75, 3.05) is 20.8 Å². The van der Waals surface area contributed by atoms with Gasteiger partial charge in [-0.3, -0.25) is 14.5 Å². The van der Waals surface area contributed by atoms with Crippen LogP contribution in [0.4, 0.5) is 0 Å². The molecule has 30 heavy (non-hydrogen) atoms. The Morgan fingerprint density at radius 2 is 1.73 bits per heavy atom. The third kappa shape index (κ3) is 5.00. The summed E-state index contributed by atoms with van der Waals surface area (Å²) in [5, 5.41) is 3.15. The molecule has 0 saturated heterocycles. The van der Waals surface area contributed by atoms with Gasteiger partial charge in [-0.25, -0.2) is 0 Å². The summed E-state index contributed by atoms with van der Waals surface area (Å²) in [5.41, 5.74) is 3.29. The summed E-state index contributed by atoms with van der Waals surface area (Å²) in [6, 6.07) is 15.2. The molecule has 2 aromatic rings. The van der Waals surface area contributed by atoms with Crippen molar-refractivity contribution in [2.24, 2.45) is 5.92 Å². The highest BCUT2D eigenvalue weighted by molar-refractivity contribution is 5.81. The fourth-order valence-corrected chi connectivity index (χ4v) is 3.96. The van der Waals surface area contributed by atoms with Gasteiger partial charge in [0.2, 0.25) is 5.91 Å². The zero-order valence-corrected chi connectivity index (χ0v) is 18.1. The van der Waals surface area contributed by atoms with Gasteiger partial charge < -0.3 is 14.8 Å². The van der Waals surface area contributed by atoms with Gasteiger partial charge in [0.25, 0.3) is 0 Å². The molecule has 1 heterocycles. The smallest absolute Gasteiger partial charge is 0.323 e. The third-order valence-corrected chi connectivity index (χ3v) is 5.62. The van der Waals surface area contributed by atoms with Crippen molar-refractivity contribution in [1.82, 2.24) is 10.2 Å². The molecule has 0 spiro atoms. The maximum Gasteiger partial charge on any atom is 0.323 e. The second kappa shape index (κ2) is 9.76. The van der Waals surface area contributed by atoms with Crippen LogP contribution >= 0.6 is 0 Å². The lowest BCUT2D eigenvalue weighted by atomic mass is 9.93. The van der Waals surface area contributed by atoms with Crippen LogP contribution in [0.15, 0.2) is 48.5 Å². The van der Waals surface area contributed by atoms with Crippen LogP contribution in [0.1, 0.15) is 36.6 Å². The predicted octanol–water partition coefficient (Wildman–Crippen LogP) is 3.11. The number of carbonyl (C=O) groups is 2. The molecule has 2 aromatic carbocycles. The van der Waals surface area contributed by atoms with E-state index in [1.807, 2.05) is 53.4 Å². The number of rotatable bonds is 7. The van der Waals surface area contributed by atoms with Crippen LogP contribution in [0.2, 0.25) is 0 Å². The van der Waals surface area contributed by atoms with E-state index in [4.69, 9.17) is 9.47 Å². The van der Waals surface area contributed by atoms with E-state index in [9.17, 15) is 9.59 Å². The molecule has 0 aromatic heterocycles. The van der Waals surface area contributed by atoms with E-state index in [-0.39, 0.29) is 30.4 Å². The number of nitrogens with zero attached hydrogens (tertiary/aromatic N) is 1. The molecule has 1 N–H and O–H groups in total.